The highest BCUT2D eigenvalue weighted by Crippen LogP contribution is 1.93. The molecule has 0 aliphatic rings. The van der Waals surface area contributed by atoms with Crippen LogP contribution in [0.2, 0.25) is 0 Å². The Balaban J connectivity index is 3.37. The Labute approximate surface area is 82.6 Å². The number of hydrogen-bond acceptors (Lipinski definition) is 2. The van der Waals surface area contributed by atoms with Gasteiger partial charge in [0.05, 0.1) is 13.2 Å². The summed E-state index contributed by atoms with van der Waals surface area (Å²) >= 11 is 0. The van der Waals surface area contributed by atoms with Gasteiger partial charge in [-0.3, -0.25) is 0 Å². The van der Waals surface area contributed by atoms with E-state index in [1.54, 1.807) is 6.08 Å². The lowest BCUT2D eigenvalue weighted by atomic mass is 10.3. The molecule has 0 saturated carbocycles. The third kappa shape index (κ3) is 8.00. The molecule has 0 atom stereocenters. The van der Waals surface area contributed by atoms with E-state index in [4.69, 9.17) is 4.74 Å². The highest BCUT2D eigenvalue weighted by atomic mass is 16.5. The molecular formula is C11H23NO. The predicted molar refractivity (Wildman–Crippen MR) is 58.0 cm³/mol. The van der Waals surface area contributed by atoms with Crippen LogP contribution in [0.5, 0.6) is 0 Å². The molecule has 0 rings (SSSR count). The summed E-state index contributed by atoms with van der Waals surface area (Å²) in [6, 6.07) is 0. The maximum atomic E-state index is 5.35. The Kier molecular flexibility index (Phi) is 9.49. The SMILES string of the molecule is C=CCOCCN(CCC)CCC. The van der Waals surface area contributed by atoms with E-state index in [0.29, 0.717) is 6.61 Å². The maximum Gasteiger partial charge on any atom is 0.0645 e. The van der Waals surface area contributed by atoms with E-state index in [1.807, 2.05) is 0 Å². The van der Waals surface area contributed by atoms with Gasteiger partial charge in [0.1, 0.15) is 0 Å². The minimum absolute atomic E-state index is 0.673. The first-order valence-electron chi connectivity index (χ1n) is 5.26. The van der Waals surface area contributed by atoms with Crippen LogP contribution in [0.3, 0.4) is 0 Å². The molecular weight excluding hydrogens is 162 g/mol. The summed E-state index contributed by atoms with van der Waals surface area (Å²) in [6.07, 6.45) is 4.24. The van der Waals surface area contributed by atoms with E-state index < -0.39 is 0 Å². The molecule has 2 nitrogen and oxygen atoms in total. The van der Waals surface area contributed by atoms with Crippen molar-refractivity contribution in [3.8, 4) is 0 Å². The van der Waals surface area contributed by atoms with E-state index >= 15 is 0 Å². The first kappa shape index (κ1) is 12.7. The Morgan fingerprint density at radius 3 is 2.23 bits per heavy atom. The molecule has 0 N–H and O–H groups in total. The molecule has 0 heterocycles. The summed E-state index contributed by atoms with van der Waals surface area (Å²) in [7, 11) is 0. The van der Waals surface area contributed by atoms with Crippen LogP contribution in [0, 0.1) is 0 Å². The molecule has 78 valence electrons. The number of ether oxygens (including phenoxy) is 1. The standard InChI is InChI=1S/C11H23NO/c1-4-7-12(8-5-2)9-11-13-10-6-3/h6H,3-5,7-11H2,1-2H3. The molecule has 0 saturated heterocycles. The predicted octanol–water partition coefficient (Wildman–Crippen LogP) is 2.31. The topological polar surface area (TPSA) is 12.5 Å². The van der Waals surface area contributed by atoms with E-state index in [1.165, 1.54) is 25.9 Å². The van der Waals surface area contributed by atoms with Gasteiger partial charge in [-0.05, 0) is 25.9 Å². The van der Waals surface area contributed by atoms with Gasteiger partial charge in [-0.15, -0.1) is 6.58 Å². The lowest BCUT2D eigenvalue weighted by Crippen LogP contribution is -2.29. The van der Waals surface area contributed by atoms with Crippen LogP contribution in [0.15, 0.2) is 12.7 Å². The number of rotatable bonds is 9. The highest BCUT2D eigenvalue weighted by molar-refractivity contribution is 4.64. The molecule has 0 aromatic carbocycles. The molecule has 0 aliphatic heterocycles. The smallest absolute Gasteiger partial charge is 0.0645 e. The van der Waals surface area contributed by atoms with Crippen molar-refractivity contribution in [3.05, 3.63) is 12.7 Å². The number of nitrogens with zero attached hydrogens (tertiary/aromatic N) is 1. The molecule has 0 spiro atoms. The zero-order valence-electron chi connectivity index (χ0n) is 9.09. The lowest BCUT2D eigenvalue weighted by Gasteiger charge is -2.20. The van der Waals surface area contributed by atoms with Crippen molar-refractivity contribution in [1.29, 1.82) is 0 Å². The minimum Gasteiger partial charge on any atom is -0.376 e. The molecule has 0 amide bonds. The van der Waals surface area contributed by atoms with Gasteiger partial charge in [0.25, 0.3) is 0 Å². The zero-order chi connectivity index (χ0) is 9.94. The lowest BCUT2D eigenvalue weighted by molar-refractivity contribution is 0.124. The fourth-order valence-electron chi connectivity index (χ4n) is 1.33. The van der Waals surface area contributed by atoms with Crippen molar-refractivity contribution in [2.75, 3.05) is 32.8 Å². The first-order valence-corrected chi connectivity index (χ1v) is 5.26. The minimum atomic E-state index is 0.673. The second kappa shape index (κ2) is 9.75. The van der Waals surface area contributed by atoms with Gasteiger partial charge in [-0.2, -0.15) is 0 Å². The quantitative estimate of drug-likeness (QED) is 0.404. The molecule has 2 heteroatoms. The number of hydrogen-bond donors (Lipinski definition) is 0. The van der Waals surface area contributed by atoms with Gasteiger partial charge < -0.3 is 9.64 Å². The molecule has 0 bridgehead atoms. The van der Waals surface area contributed by atoms with Gasteiger partial charge in [0.2, 0.25) is 0 Å². The van der Waals surface area contributed by atoms with Crippen LogP contribution in [-0.2, 0) is 4.74 Å². The van der Waals surface area contributed by atoms with Crippen molar-refractivity contribution in [3.63, 3.8) is 0 Å². The Bertz CT molecular complexity index is 109. The first-order chi connectivity index (χ1) is 6.35. The van der Waals surface area contributed by atoms with Crippen LogP contribution in [0.25, 0.3) is 0 Å². The third-order valence-corrected chi connectivity index (χ3v) is 1.87. The summed E-state index contributed by atoms with van der Waals surface area (Å²) in [5, 5.41) is 0. The Hall–Kier alpha value is -0.340. The van der Waals surface area contributed by atoms with Crippen LogP contribution in [-0.4, -0.2) is 37.7 Å². The van der Waals surface area contributed by atoms with Crippen LogP contribution < -0.4 is 0 Å². The van der Waals surface area contributed by atoms with Crippen molar-refractivity contribution in [2.24, 2.45) is 0 Å². The van der Waals surface area contributed by atoms with E-state index in [9.17, 15) is 0 Å². The van der Waals surface area contributed by atoms with Gasteiger partial charge in [0.15, 0.2) is 0 Å². The van der Waals surface area contributed by atoms with Gasteiger partial charge >= 0.3 is 0 Å². The average molecular weight is 185 g/mol. The maximum absolute atomic E-state index is 5.35. The zero-order valence-corrected chi connectivity index (χ0v) is 9.09. The molecule has 13 heavy (non-hydrogen) atoms. The highest BCUT2D eigenvalue weighted by Gasteiger charge is 2.00. The molecule has 0 radical (unpaired) electrons. The summed E-state index contributed by atoms with van der Waals surface area (Å²) in [5.41, 5.74) is 0. The van der Waals surface area contributed by atoms with Crippen molar-refractivity contribution in [2.45, 2.75) is 26.7 Å². The Morgan fingerprint density at radius 1 is 1.15 bits per heavy atom. The van der Waals surface area contributed by atoms with Crippen molar-refractivity contribution >= 4 is 0 Å². The van der Waals surface area contributed by atoms with Gasteiger partial charge in [-0.1, -0.05) is 19.9 Å². The molecule has 0 aromatic heterocycles. The van der Waals surface area contributed by atoms with Crippen LogP contribution >= 0.6 is 0 Å². The second-order valence-electron chi connectivity index (χ2n) is 3.21. The van der Waals surface area contributed by atoms with Crippen LogP contribution in [0.4, 0.5) is 0 Å². The van der Waals surface area contributed by atoms with Gasteiger partial charge in [0, 0.05) is 6.54 Å². The van der Waals surface area contributed by atoms with E-state index in [-0.39, 0.29) is 0 Å². The van der Waals surface area contributed by atoms with E-state index in [0.717, 1.165) is 13.2 Å². The van der Waals surface area contributed by atoms with Crippen molar-refractivity contribution in [1.82, 2.24) is 4.90 Å². The normalized spacial score (nSPS) is 10.7. The third-order valence-electron chi connectivity index (χ3n) is 1.87. The molecule has 0 aromatic rings. The molecule has 0 aliphatic carbocycles. The van der Waals surface area contributed by atoms with Crippen LogP contribution in [0.1, 0.15) is 26.7 Å². The molecule has 0 unspecified atom stereocenters. The Morgan fingerprint density at radius 2 is 1.77 bits per heavy atom. The summed E-state index contributed by atoms with van der Waals surface area (Å²) in [5.74, 6) is 0. The molecule has 0 fully saturated rings. The second-order valence-corrected chi connectivity index (χ2v) is 3.21. The fraction of sp³-hybridized carbons (Fsp3) is 0.818. The monoisotopic (exact) mass is 185 g/mol. The summed E-state index contributed by atoms with van der Waals surface area (Å²) in [6.45, 7) is 13.0. The van der Waals surface area contributed by atoms with E-state index in [2.05, 4.69) is 25.3 Å². The fourth-order valence-corrected chi connectivity index (χ4v) is 1.33. The summed E-state index contributed by atoms with van der Waals surface area (Å²) in [4.78, 5) is 2.45. The van der Waals surface area contributed by atoms with Crippen molar-refractivity contribution < 1.29 is 4.74 Å². The summed E-state index contributed by atoms with van der Waals surface area (Å²) < 4.78 is 5.35. The van der Waals surface area contributed by atoms with Gasteiger partial charge in [-0.25, -0.2) is 0 Å². The average Bonchev–Trinajstić information content (AvgIpc) is 2.13. The largest absolute Gasteiger partial charge is 0.376 e.